The molecule has 1 aromatic heterocycles. The molecule has 0 radical (unpaired) electrons. The summed E-state index contributed by atoms with van der Waals surface area (Å²) in [7, 11) is 0. The fourth-order valence-corrected chi connectivity index (χ4v) is 4.23. The summed E-state index contributed by atoms with van der Waals surface area (Å²) in [5.74, 6) is -0.0614. The number of aromatic amines is 1. The van der Waals surface area contributed by atoms with E-state index in [1.165, 1.54) is 0 Å². The van der Waals surface area contributed by atoms with E-state index in [4.69, 9.17) is 33.7 Å². The quantitative estimate of drug-likeness (QED) is 0.421. The van der Waals surface area contributed by atoms with Gasteiger partial charge in [0.1, 0.15) is 11.6 Å². The number of fused-ring (bicyclic) bond motifs is 2. The number of halogens is 2. The van der Waals surface area contributed by atoms with Crippen LogP contribution in [0.2, 0.25) is 10.0 Å². The molecule has 1 atom stereocenters. The Labute approximate surface area is 182 Å². The lowest BCUT2D eigenvalue weighted by atomic mass is 9.81. The summed E-state index contributed by atoms with van der Waals surface area (Å²) in [6, 6.07) is 21.6. The van der Waals surface area contributed by atoms with Gasteiger partial charge in [0.05, 0.1) is 27.2 Å². The summed E-state index contributed by atoms with van der Waals surface area (Å²) in [6.45, 7) is 0. The number of allylic oxidation sites excluding steroid dienone is 1. The molecule has 0 saturated carbocycles. The molecule has 0 aliphatic carbocycles. The van der Waals surface area contributed by atoms with Gasteiger partial charge in [0.25, 0.3) is 0 Å². The maximum Gasteiger partial charge on any atom is 0.244 e. The van der Waals surface area contributed by atoms with Gasteiger partial charge in [-0.15, -0.1) is 5.10 Å². The first-order valence-electron chi connectivity index (χ1n) is 9.17. The van der Waals surface area contributed by atoms with Crippen LogP contribution < -0.4 is 10.5 Å². The first-order valence-corrected chi connectivity index (χ1v) is 9.93. The van der Waals surface area contributed by atoms with Gasteiger partial charge < -0.3 is 10.5 Å². The molecule has 1 aliphatic heterocycles. The number of rotatable bonds is 2. The minimum atomic E-state index is -0.451. The number of hydrogen-bond donors (Lipinski definition) is 2. The van der Waals surface area contributed by atoms with Crippen molar-refractivity contribution >= 4 is 34.0 Å². The van der Waals surface area contributed by atoms with Crippen molar-refractivity contribution in [2.75, 3.05) is 0 Å². The molecule has 30 heavy (non-hydrogen) atoms. The zero-order chi connectivity index (χ0) is 20.8. The fourth-order valence-electron chi connectivity index (χ4n) is 3.93. The largest absolute Gasteiger partial charge is 0.420 e. The third kappa shape index (κ3) is 2.81. The van der Waals surface area contributed by atoms with Crippen LogP contribution >= 0.6 is 23.2 Å². The predicted molar refractivity (Wildman–Crippen MR) is 117 cm³/mol. The number of benzene rings is 3. The summed E-state index contributed by atoms with van der Waals surface area (Å²) in [6.07, 6.45) is 0. The van der Waals surface area contributed by atoms with E-state index in [9.17, 15) is 5.26 Å². The number of hydrogen-bond acceptors (Lipinski definition) is 4. The smallest absolute Gasteiger partial charge is 0.244 e. The highest BCUT2D eigenvalue weighted by Gasteiger charge is 2.36. The van der Waals surface area contributed by atoms with E-state index in [1.54, 1.807) is 12.1 Å². The second-order valence-electron chi connectivity index (χ2n) is 6.94. The summed E-state index contributed by atoms with van der Waals surface area (Å²) >= 11 is 12.3. The van der Waals surface area contributed by atoms with Gasteiger partial charge in [-0.3, -0.25) is 5.10 Å². The van der Waals surface area contributed by atoms with E-state index in [2.05, 4.69) is 16.3 Å². The number of aromatic nitrogens is 2. The highest BCUT2D eigenvalue weighted by Crippen LogP contribution is 2.47. The molecule has 2 heterocycles. The van der Waals surface area contributed by atoms with Crippen LogP contribution in [0.15, 0.2) is 72.1 Å². The Kier molecular flexibility index (Phi) is 4.39. The molecule has 0 bridgehead atoms. The molecule has 0 fully saturated rings. The standard InChI is InChI=1S/C23H14Cl2N4O/c24-17-9-8-13(10-18(17)25)21-20-19(16(11-26)22(27)30-23(20)29-28-21)15-7-3-5-12-4-1-2-6-14(12)15/h1-10,19H,27H2,(H,28,29)/t19-/m0/s1. The van der Waals surface area contributed by atoms with Crippen molar-refractivity contribution in [3.63, 3.8) is 0 Å². The molecule has 5 rings (SSSR count). The van der Waals surface area contributed by atoms with Crippen molar-refractivity contribution in [1.29, 1.82) is 5.26 Å². The Bertz CT molecular complexity index is 1380. The molecule has 0 spiro atoms. The monoisotopic (exact) mass is 432 g/mol. The molecule has 0 unspecified atom stereocenters. The zero-order valence-corrected chi connectivity index (χ0v) is 17.0. The van der Waals surface area contributed by atoms with Crippen LogP contribution in [0.5, 0.6) is 5.88 Å². The van der Waals surface area contributed by atoms with Crippen LogP contribution in [0.25, 0.3) is 22.0 Å². The fraction of sp³-hybridized carbons (Fsp3) is 0.0435. The molecule has 0 amide bonds. The van der Waals surface area contributed by atoms with Crippen LogP contribution in [-0.4, -0.2) is 10.2 Å². The van der Waals surface area contributed by atoms with Gasteiger partial charge in [0, 0.05) is 5.56 Å². The third-order valence-corrected chi connectivity index (χ3v) is 6.02. The molecule has 0 saturated heterocycles. The number of nitrogens with one attached hydrogen (secondary N) is 1. The minimum absolute atomic E-state index is 0.0510. The highest BCUT2D eigenvalue weighted by molar-refractivity contribution is 6.42. The Morgan fingerprint density at radius 1 is 1.03 bits per heavy atom. The Morgan fingerprint density at radius 2 is 1.83 bits per heavy atom. The van der Waals surface area contributed by atoms with E-state index >= 15 is 0 Å². The van der Waals surface area contributed by atoms with E-state index in [-0.39, 0.29) is 5.88 Å². The molecule has 5 nitrogen and oxygen atoms in total. The molecule has 146 valence electrons. The number of nitrogens with two attached hydrogens (primary N) is 1. The summed E-state index contributed by atoms with van der Waals surface area (Å²) in [5, 5.41) is 20.2. The second-order valence-corrected chi connectivity index (χ2v) is 7.75. The number of nitrogens with zero attached hydrogens (tertiary/aromatic N) is 2. The lowest BCUT2D eigenvalue weighted by Gasteiger charge is -2.25. The van der Waals surface area contributed by atoms with E-state index in [0.29, 0.717) is 27.2 Å². The Morgan fingerprint density at radius 3 is 2.63 bits per heavy atom. The lowest BCUT2D eigenvalue weighted by Crippen LogP contribution is -2.21. The molecular weight excluding hydrogens is 419 g/mol. The molecular formula is C23H14Cl2N4O. The van der Waals surface area contributed by atoms with Gasteiger partial charge in [-0.2, -0.15) is 5.26 Å². The van der Waals surface area contributed by atoms with E-state index < -0.39 is 5.92 Å². The van der Waals surface area contributed by atoms with Crippen molar-refractivity contribution in [3.05, 3.63) is 93.3 Å². The topological polar surface area (TPSA) is 87.7 Å². The molecule has 1 aliphatic rings. The van der Waals surface area contributed by atoms with Crippen molar-refractivity contribution in [2.45, 2.75) is 5.92 Å². The van der Waals surface area contributed by atoms with Crippen molar-refractivity contribution < 1.29 is 4.74 Å². The van der Waals surface area contributed by atoms with Gasteiger partial charge in [-0.1, -0.05) is 71.7 Å². The highest BCUT2D eigenvalue weighted by atomic mass is 35.5. The maximum absolute atomic E-state index is 9.93. The Hall–Kier alpha value is -3.46. The van der Waals surface area contributed by atoms with E-state index in [1.807, 2.05) is 48.5 Å². The van der Waals surface area contributed by atoms with Gasteiger partial charge in [-0.25, -0.2) is 0 Å². The Balaban J connectivity index is 1.80. The average molecular weight is 433 g/mol. The predicted octanol–water partition coefficient (Wildman–Crippen LogP) is 5.75. The normalized spacial score (nSPS) is 15.6. The number of H-pyrrole nitrogens is 1. The third-order valence-electron chi connectivity index (χ3n) is 5.28. The minimum Gasteiger partial charge on any atom is -0.420 e. The number of ether oxygens (including phenoxy) is 1. The van der Waals surface area contributed by atoms with Gasteiger partial charge in [0.15, 0.2) is 0 Å². The number of nitriles is 1. The van der Waals surface area contributed by atoms with Crippen LogP contribution in [0, 0.1) is 11.3 Å². The van der Waals surface area contributed by atoms with Gasteiger partial charge in [0.2, 0.25) is 11.8 Å². The van der Waals surface area contributed by atoms with Crippen LogP contribution in [0.1, 0.15) is 17.0 Å². The zero-order valence-electron chi connectivity index (χ0n) is 15.5. The average Bonchev–Trinajstić information content (AvgIpc) is 3.17. The first kappa shape index (κ1) is 18.6. The van der Waals surface area contributed by atoms with Crippen molar-refractivity contribution in [1.82, 2.24) is 10.2 Å². The van der Waals surface area contributed by atoms with Crippen molar-refractivity contribution in [3.8, 4) is 23.2 Å². The van der Waals surface area contributed by atoms with Gasteiger partial charge in [-0.05, 0) is 28.5 Å². The SMILES string of the molecule is N#CC1=C(N)Oc2n[nH]c(-c3ccc(Cl)c(Cl)c3)c2[C@H]1c1cccc2ccccc12. The molecule has 3 aromatic carbocycles. The van der Waals surface area contributed by atoms with Crippen LogP contribution in [0.3, 0.4) is 0 Å². The summed E-state index contributed by atoms with van der Waals surface area (Å²) in [4.78, 5) is 0. The van der Waals surface area contributed by atoms with Crippen LogP contribution in [0.4, 0.5) is 0 Å². The second kappa shape index (κ2) is 7.10. The molecule has 7 heteroatoms. The van der Waals surface area contributed by atoms with E-state index in [0.717, 1.165) is 27.5 Å². The maximum atomic E-state index is 9.93. The lowest BCUT2D eigenvalue weighted by molar-refractivity contribution is 0.379. The first-order chi connectivity index (χ1) is 14.6. The molecule has 4 aromatic rings. The summed E-state index contributed by atoms with van der Waals surface area (Å²) in [5.41, 5.74) is 9.60. The van der Waals surface area contributed by atoms with Crippen LogP contribution in [-0.2, 0) is 0 Å². The summed E-state index contributed by atoms with van der Waals surface area (Å²) < 4.78 is 5.69. The van der Waals surface area contributed by atoms with Crippen molar-refractivity contribution in [2.24, 2.45) is 5.73 Å². The molecule has 3 N–H and O–H groups in total. The van der Waals surface area contributed by atoms with Gasteiger partial charge >= 0.3 is 0 Å².